The molecule has 0 saturated heterocycles. The summed E-state index contributed by atoms with van der Waals surface area (Å²) in [6.45, 7) is 3.18. The Labute approximate surface area is 81.7 Å². The predicted molar refractivity (Wildman–Crippen MR) is 49.0 cm³/mol. The first-order valence-electron chi connectivity index (χ1n) is 4.11. The fourth-order valence-corrected chi connectivity index (χ4v) is 1.10. The van der Waals surface area contributed by atoms with Crippen LogP contribution in [-0.2, 0) is 5.54 Å². The van der Waals surface area contributed by atoms with Crippen LogP contribution in [0.5, 0.6) is 5.75 Å². The highest BCUT2D eigenvalue weighted by atomic mass is 19.2. The van der Waals surface area contributed by atoms with Crippen molar-refractivity contribution in [3.05, 3.63) is 29.3 Å². The summed E-state index contributed by atoms with van der Waals surface area (Å²) in [5.74, 6) is -2.27. The maximum atomic E-state index is 13.4. The molecule has 2 nitrogen and oxygen atoms in total. The van der Waals surface area contributed by atoms with Crippen molar-refractivity contribution in [2.24, 2.45) is 5.73 Å². The SMILES string of the molecule is COc1[c]cc(C(C)(C)N)c(F)c1F. The lowest BCUT2D eigenvalue weighted by molar-refractivity contribution is 0.364. The van der Waals surface area contributed by atoms with Gasteiger partial charge in [-0.15, -0.1) is 0 Å². The molecule has 0 aliphatic rings. The number of benzene rings is 1. The first-order chi connectivity index (χ1) is 6.38. The Kier molecular flexibility index (Phi) is 2.76. The van der Waals surface area contributed by atoms with Crippen LogP contribution in [0.25, 0.3) is 0 Å². The minimum absolute atomic E-state index is 0.0794. The summed E-state index contributed by atoms with van der Waals surface area (Å²) in [6, 6.07) is 3.79. The van der Waals surface area contributed by atoms with Crippen LogP contribution in [0.3, 0.4) is 0 Å². The summed E-state index contributed by atoms with van der Waals surface area (Å²) >= 11 is 0. The molecular weight excluding hydrogens is 188 g/mol. The van der Waals surface area contributed by atoms with Crippen molar-refractivity contribution in [1.82, 2.24) is 0 Å². The molecule has 4 heteroatoms. The summed E-state index contributed by atoms with van der Waals surface area (Å²) in [5.41, 5.74) is 4.79. The lowest BCUT2D eigenvalue weighted by Crippen LogP contribution is -2.30. The average molecular weight is 200 g/mol. The fourth-order valence-electron chi connectivity index (χ4n) is 1.10. The molecule has 0 aliphatic carbocycles. The number of hydrogen-bond donors (Lipinski definition) is 1. The van der Waals surface area contributed by atoms with Gasteiger partial charge in [0.25, 0.3) is 0 Å². The van der Waals surface area contributed by atoms with Crippen LogP contribution < -0.4 is 10.5 Å². The Morgan fingerprint density at radius 1 is 1.36 bits per heavy atom. The van der Waals surface area contributed by atoms with Gasteiger partial charge in [0, 0.05) is 17.2 Å². The van der Waals surface area contributed by atoms with E-state index in [2.05, 4.69) is 10.8 Å². The van der Waals surface area contributed by atoms with Crippen molar-refractivity contribution in [2.75, 3.05) is 7.11 Å². The van der Waals surface area contributed by atoms with Gasteiger partial charge >= 0.3 is 0 Å². The van der Waals surface area contributed by atoms with Crippen LogP contribution >= 0.6 is 0 Å². The maximum Gasteiger partial charge on any atom is 0.201 e. The van der Waals surface area contributed by atoms with Crippen LogP contribution in [0.2, 0.25) is 0 Å². The zero-order valence-electron chi connectivity index (χ0n) is 8.32. The average Bonchev–Trinajstić information content (AvgIpc) is 2.07. The van der Waals surface area contributed by atoms with Gasteiger partial charge in [0.2, 0.25) is 5.82 Å². The van der Waals surface area contributed by atoms with Crippen molar-refractivity contribution in [1.29, 1.82) is 0 Å². The summed E-state index contributed by atoms with van der Waals surface area (Å²) in [6.07, 6.45) is 0. The molecule has 0 spiro atoms. The van der Waals surface area contributed by atoms with Crippen molar-refractivity contribution >= 4 is 0 Å². The molecule has 1 rings (SSSR count). The van der Waals surface area contributed by atoms with E-state index in [9.17, 15) is 8.78 Å². The van der Waals surface area contributed by atoms with E-state index >= 15 is 0 Å². The smallest absolute Gasteiger partial charge is 0.201 e. The van der Waals surface area contributed by atoms with Crippen molar-refractivity contribution in [2.45, 2.75) is 19.4 Å². The van der Waals surface area contributed by atoms with E-state index in [1.165, 1.54) is 13.2 Å². The molecule has 1 aromatic carbocycles. The van der Waals surface area contributed by atoms with E-state index < -0.39 is 17.2 Å². The second-order valence-corrected chi connectivity index (χ2v) is 3.59. The van der Waals surface area contributed by atoms with E-state index in [1.54, 1.807) is 13.8 Å². The molecule has 0 aromatic heterocycles. The molecule has 77 valence electrons. The number of hydrogen-bond acceptors (Lipinski definition) is 2. The van der Waals surface area contributed by atoms with Gasteiger partial charge in [-0.3, -0.25) is 0 Å². The summed E-state index contributed by atoms with van der Waals surface area (Å²) in [5, 5.41) is 0. The Morgan fingerprint density at radius 2 is 1.93 bits per heavy atom. The molecule has 14 heavy (non-hydrogen) atoms. The van der Waals surface area contributed by atoms with Crippen LogP contribution in [0.15, 0.2) is 6.07 Å². The molecule has 1 aromatic rings. The minimum atomic E-state index is -1.05. The summed E-state index contributed by atoms with van der Waals surface area (Å²) in [7, 11) is 1.25. The second-order valence-electron chi connectivity index (χ2n) is 3.59. The van der Waals surface area contributed by atoms with Gasteiger partial charge < -0.3 is 10.5 Å². The largest absolute Gasteiger partial charge is 0.493 e. The van der Waals surface area contributed by atoms with E-state index in [-0.39, 0.29) is 11.3 Å². The molecule has 0 bridgehead atoms. The number of ether oxygens (including phenoxy) is 1. The molecule has 0 atom stereocenters. The molecule has 1 radical (unpaired) electrons. The molecule has 0 unspecified atom stereocenters. The Balaban J connectivity index is 3.31. The normalized spacial score (nSPS) is 11.6. The molecule has 2 N–H and O–H groups in total. The fraction of sp³-hybridized carbons (Fsp3) is 0.400. The predicted octanol–water partition coefficient (Wildman–Crippen LogP) is 1.97. The minimum Gasteiger partial charge on any atom is -0.493 e. The molecule has 0 fully saturated rings. The van der Waals surface area contributed by atoms with Gasteiger partial charge in [0.05, 0.1) is 7.11 Å². The van der Waals surface area contributed by atoms with E-state index in [0.717, 1.165) is 0 Å². The zero-order chi connectivity index (χ0) is 10.9. The standard InChI is InChI=1S/C10H12F2NO/c1-10(2,13)6-4-5-7(14-3)9(12)8(6)11/h4H,13H2,1-3H3. The van der Waals surface area contributed by atoms with E-state index in [0.29, 0.717) is 0 Å². The third-order valence-corrected chi connectivity index (χ3v) is 1.87. The van der Waals surface area contributed by atoms with Crippen LogP contribution in [0.4, 0.5) is 8.78 Å². The quantitative estimate of drug-likeness (QED) is 0.792. The Bertz CT molecular complexity index is 345. The molecular formula is C10H12F2NO. The lowest BCUT2D eigenvalue weighted by atomic mass is 9.95. The molecule has 0 aliphatic heterocycles. The van der Waals surface area contributed by atoms with Crippen LogP contribution in [0, 0.1) is 17.7 Å². The number of halogens is 2. The van der Waals surface area contributed by atoms with Crippen molar-refractivity contribution < 1.29 is 13.5 Å². The second kappa shape index (κ2) is 3.53. The van der Waals surface area contributed by atoms with E-state index in [1.807, 2.05) is 0 Å². The first kappa shape index (κ1) is 10.9. The third-order valence-electron chi connectivity index (χ3n) is 1.87. The number of nitrogens with two attached hydrogens (primary N) is 1. The maximum absolute atomic E-state index is 13.4. The highest BCUT2D eigenvalue weighted by Crippen LogP contribution is 2.27. The summed E-state index contributed by atoms with van der Waals surface area (Å²) in [4.78, 5) is 0. The zero-order valence-corrected chi connectivity index (χ0v) is 8.32. The van der Waals surface area contributed by atoms with Crippen molar-refractivity contribution in [3.63, 3.8) is 0 Å². The third kappa shape index (κ3) is 1.85. The van der Waals surface area contributed by atoms with Crippen molar-refractivity contribution in [3.8, 4) is 5.75 Å². The van der Waals surface area contributed by atoms with Gasteiger partial charge in [-0.05, 0) is 19.9 Å². The molecule has 0 saturated carbocycles. The first-order valence-corrected chi connectivity index (χ1v) is 4.11. The number of methoxy groups -OCH3 is 1. The van der Waals surface area contributed by atoms with Gasteiger partial charge in [0.1, 0.15) is 0 Å². The van der Waals surface area contributed by atoms with Gasteiger partial charge in [-0.25, -0.2) is 4.39 Å². The lowest BCUT2D eigenvalue weighted by Gasteiger charge is -2.20. The number of rotatable bonds is 2. The van der Waals surface area contributed by atoms with Gasteiger partial charge in [-0.1, -0.05) is 0 Å². The topological polar surface area (TPSA) is 35.2 Å². The van der Waals surface area contributed by atoms with Crippen LogP contribution in [0.1, 0.15) is 19.4 Å². The van der Waals surface area contributed by atoms with E-state index in [4.69, 9.17) is 5.73 Å². The highest BCUT2D eigenvalue weighted by Gasteiger charge is 2.23. The molecule has 0 heterocycles. The monoisotopic (exact) mass is 200 g/mol. The highest BCUT2D eigenvalue weighted by molar-refractivity contribution is 5.33. The summed E-state index contributed by atoms with van der Waals surface area (Å²) < 4.78 is 31.2. The Hall–Kier alpha value is -1.16. The van der Waals surface area contributed by atoms with Crippen LogP contribution in [-0.4, -0.2) is 7.11 Å². The molecule has 0 amide bonds. The Morgan fingerprint density at radius 3 is 2.36 bits per heavy atom. The van der Waals surface area contributed by atoms with Gasteiger partial charge in [0.15, 0.2) is 11.6 Å². The van der Waals surface area contributed by atoms with Gasteiger partial charge in [-0.2, -0.15) is 4.39 Å².